The molecule has 2 N–H and O–H groups in total. The summed E-state index contributed by atoms with van der Waals surface area (Å²) in [5.74, 6) is 1.26. The molecular formula is C18H21NO2. The molecule has 2 aromatic carbocycles. The molecule has 0 amide bonds. The Balaban J connectivity index is 1.77. The largest absolute Gasteiger partial charge is 0.508 e. The highest BCUT2D eigenvalue weighted by molar-refractivity contribution is 5.50. The second-order valence-corrected chi connectivity index (χ2v) is 5.43. The first-order chi connectivity index (χ1) is 10.3. The van der Waals surface area contributed by atoms with Crippen LogP contribution in [0.2, 0.25) is 0 Å². The Hall–Kier alpha value is -2.16. The number of nitrogens with one attached hydrogen (secondary N) is 1. The van der Waals surface area contributed by atoms with E-state index in [0.29, 0.717) is 18.4 Å². The summed E-state index contributed by atoms with van der Waals surface area (Å²) in [6, 6.07) is 14.1. The van der Waals surface area contributed by atoms with Gasteiger partial charge in [0.15, 0.2) is 0 Å². The van der Waals surface area contributed by atoms with Crippen molar-refractivity contribution in [2.75, 3.05) is 11.9 Å². The van der Waals surface area contributed by atoms with Crippen molar-refractivity contribution in [3.63, 3.8) is 0 Å². The number of rotatable bonds is 4. The monoisotopic (exact) mass is 283 g/mol. The third-order valence-electron chi connectivity index (χ3n) is 3.95. The van der Waals surface area contributed by atoms with E-state index < -0.39 is 0 Å². The minimum atomic E-state index is 0.312. The molecule has 0 aliphatic heterocycles. The van der Waals surface area contributed by atoms with E-state index in [1.165, 1.54) is 11.1 Å². The first-order valence-corrected chi connectivity index (χ1v) is 7.57. The van der Waals surface area contributed by atoms with Crippen molar-refractivity contribution in [1.82, 2.24) is 0 Å². The van der Waals surface area contributed by atoms with Crippen LogP contribution in [0.1, 0.15) is 36.9 Å². The summed E-state index contributed by atoms with van der Waals surface area (Å²) < 4.78 is 5.46. The highest BCUT2D eigenvalue weighted by Crippen LogP contribution is 2.34. The molecule has 3 nitrogen and oxygen atoms in total. The van der Waals surface area contributed by atoms with Crippen molar-refractivity contribution in [1.29, 1.82) is 0 Å². The van der Waals surface area contributed by atoms with E-state index in [9.17, 15) is 5.11 Å². The van der Waals surface area contributed by atoms with Gasteiger partial charge in [0.1, 0.15) is 11.5 Å². The number of hydrogen-bond acceptors (Lipinski definition) is 3. The van der Waals surface area contributed by atoms with Crippen molar-refractivity contribution < 1.29 is 9.84 Å². The van der Waals surface area contributed by atoms with Crippen LogP contribution in [-0.2, 0) is 6.42 Å². The lowest BCUT2D eigenvalue weighted by molar-refractivity contribution is 0.340. The lowest BCUT2D eigenvalue weighted by atomic mass is 9.87. The molecule has 0 bridgehead atoms. The number of phenolic OH excluding ortho intramolecular Hbond substituents is 1. The lowest BCUT2D eigenvalue weighted by Gasteiger charge is -2.27. The Labute approximate surface area is 125 Å². The van der Waals surface area contributed by atoms with Crippen LogP contribution in [0.15, 0.2) is 42.5 Å². The smallest absolute Gasteiger partial charge is 0.119 e. The SMILES string of the molecule is CCOc1ccc(NC2CCCc3cc(O)ccc32)cc1. The number of phenols is 1. The zero-order chi connectivity index (χ0) is 14.7. The Morgan fingerprint density at radius 2 is 2.00 bits per heavy atom. The maximum Gasteiger partial charge on any atom is 0.119 e. The quantitative estimate of drug-likeness (QED) is 0.880. The molecule has 1 atom stereocenters. The van der Waals surface area contributed by atoms with Gasteiger partial charge in [0.2, 0.25) is 0 Å². The average molecular weight is 283 g/mol. The summed E-state index contributed by atoms with van der Waals surface area (Å²) >= 11 is 0. The summed E-state index contributed by atoms with van der Waals surface area (Å²) in [4.78, 5) is 0. The van der Waals surface area contributed by atoms with E-state index in [4.69, 9.17) is 4.74 Å². The highest BCUT2D eigenvalue weighted by Gasteiger charge is 2.20. The first kappa shape index (κ1) is 13.8. The Kier molecular flexibility index (Phi) is 4.00. The van der Waals surface area contributed by atoms with Crippen LogP contribution >= 0.6 is 0 Å². The van der Waals surface area contributed by atoms with Gasteiger partial charge in [0.05, 0.1) is 12.6 Å². The van der Waals surface area contributed by atoms with Gasteiger partial charge in [-0.15, -0.1) is 0 Å². The number of benzene rings is 2. The van der Waals surface area contributed by atoms with Gasteiger partial charge in [0.25, 0.3) is 0 Å². The number of fused-ring (bicyclic) bond motifs is 1. The summed E-state index contributed by atoms with van der Waals surface area (Å²) in [7, 11) is 0. The molecule has 1 aliphatic carbocycles. The Bertz CT molecular complexity index is 607. The molecule has 0 heterocycles. The van der Waals surface area contributed by atoms with Gasteiger partial charge < -0.3 is 15.2 Å². The molecule has 0 saturated carbocycles. The molecule has 110 valence electrons. The third-order valence-corrected chi connectivity index (χ3v) is 3.95. The fourth-order valence-corrected chi connectivity index (χ4v) is 2.97. The van der Waals surface area contributed by atoms with Gasteiger partial charge in [-0.1, -0.05) is 6.07 Å². The van der Waals surface area contributed by atoms with Crippen molar-refractivity contribution in [2.45, 2.75) is 32.2 Å². The first-order valence-electron chi connectivity index (χ1n) is 7.57. The highest BCUT2D eigenvalue weighted by atomic mass is 16.5. The Morgan fingerprint density at radius 1 is 1.19 bits per heavy atom. The zero-order valence-electron chi connectivity index (χ0n) is 12.3. The van der Waals surface area contributed by atoms with E-state index >= 15 is 0 Å². The standard InChI is InChI=1S/C18H21NO2/c1-2-21-16-9-6-14(7-10-16)19-18-5-3-4-13-12-15(20)8-11-17(13)18/h6-12,18-20H,2-5H2,1H3. The molecule has 1 aliphatic rings. The summed E-state index contributed by atoms with van der Waals surface area (Å²) in [6.07, 6.45) is 3.31. The minimum Gasteiger partial charge on any atom is -0.508 e. The van der Waals surface area contributed by atoms with Crippen LogP contribution in [0, 0.1) is 0 Å². The maximum absolute atomic E-state index is 9.61. The molecule has 0 aromatic heterocycles. The molecule has 0 radical (unpaired) electrons. The molecule has 0 spiro atoms. The third kappa shape index (κ3) is 3.13. The maximum atomic E-state index is 9.61. The normalized spacial score (nSPS) is 17.1. The minimum absolute atomic E-state index is 0.312. The van der Waals surface area contributed by atoms with E-state index in [1.54, 1.807) is 6.07 Å². The van der Waals surface area contributed by atoms with E-state index in [1.807, 2.05) is 31.2 Å². The van der Waals surface area contributed by atoms with Crippen molar-refractivity contribution in [3.8, 4) is 11.5 Å². The average Bonchev–Trinajstić information content (AvgIpc) is 2.49. The van der Waals surface area contributed by atoms with Crippen LogP contribution in [0.3, 0.4) is 0 Å². The molecule has 3 rings (SSSR count). The van der Waals surface area contributed by atoms with Crippen LogP contribution < -0.4 is 10.1 Å². The van der Waals surface area contributed by atoms with E-state index in [0.717, 1.165) is 30.7 Å². The fraction of sp³-hybridized carbons (Fsp3) is 0.333. The fourth-order valence-electron chi connectivity index (χ4n) is 2.97. The van der Waals surface area contributed by atoms with Gasteiger partial charge in [-0.3, -0.25) is 0 Å². The molecule has 3 heteroatoms. The molecule has 0 saturated heterocycles. The molecular weight excluding hydrogens is 262 g/mol. The number of ether oxygens (including phenoxy) is 1. The number of aryl methyl sites for hydroxylation is 1. The topological polar surface area (TPSA) is 41.5 Å². The molecule has 0 fully saturated rings. The Morgan fingerprint density at radius 3 is 2.76 bits per heavy atom. The lowest BCUT2D eigenvalue weighted by Crippen LogP contribution is -2.17. The predicted molar refractivity (Wildman–Crippen MR) is 85.0 cm³/mol. The van der Waals surface area contributed by atoms with Gasteiger partial charge in [-0.05, 0) is 73.7 Å². The molecule has 21 heavy (non-hydrogen) atoms. The van der Waals surface area contributed by atoms with Gasteiger partial charge in [-0.2, -0.15) is 0 Å². The molecule has 1 unspecified atom stereocenters. The second kappa shape index (κ2) is 6.08. The second-order valence-electron chi connectivity index (χ2n) is 5.43. The number of aromatic hydroxyl groups is 1. The van der Waals surface area contributed by atoms with Gasteiger partial charge in [0, 0.05) is 5.69 Å². The van der Waals surface area contributed by atoms with Crippen molar-refractivity contribution >= 4 is 5.69 Å². The summed E-state index contributed by atoms with van der Waals surface area (Å²) in [6.45, 7) is 2.67. The molecule has 2 aromatic rings. The predicted octanol–water partition coefficient (Wildman–Crippen LogP) is 4.28. The van der Waals surface area contributed by atoms with Gasteiger partial charge in [-0.25, -0.2) is 0 Å². The summed E-state index contributed by atoms with van der Waals surface area (Å²) in [5.41, 5.74) is 3.65. The van der Waals surface area contributed by atoms with E-state index in [2.05, 4.69) is 17.4 Å². The number of anilines is 1. The van der Waals surface area contributed by atoms with Crippen LogP contribution in [-0.4, -0.2) is 11.7 Å². The number of hydrogen-bond donors (Lipinski definition) is 2. The summed E-state index contributed by atoms with van der Waals surface area (Å²) in [5, 5.41) is 13.2. The zero-order valence-corrected chi connectivity index (χ0v) is 12.3. The van der Waals surface area contributed by atoms with Crippen molar-refractivity contribution in [3.05, 3.63) is 53.6 Å². The van der Waals surface area contributed by atoms with Crippen LogP contribution in [0.5, 0.6) is 11.5 Å². The van der Waals surface area contributed by atoms with Crippen LogP contribution in [0.4, 0.5) is 5.69 Å². The van der Waals surface area contributed by atoms with E-state index in [-0.39, 0.29) is 0 Å². The van der Waals surface area contributed by atoms with Crippen molar-refractivity contribution in [2.24, 2.45) is 0 Å². The van der Waals surface area contributed by atoms with Gasteiger partial charge >= 0.3 is 0 Å². The van der Waals surface area contributed by atoms with Crippen LogP contribution in [0.25, 0.3) is 0 Å².